The third-order valence-corrected chi connectivity index (χ3v) is 3.92. The van der Waals surface area contributed by atoms with Gasteiger partial charge in [0.2, 0.25) is 5.91 Å². The Labute approximate surface area is 128 Å². The molecule has 0 bridgehead atoms. The summed E-state index contributed by atoms with van der Waals surface area (Å²) >= 11 is 0. The third-order valence-electron chi connectivity index (χ3n) is 3.92. The first-order chi connectivity index (χ1) is 10.6. The predicted molar refractivity (Wildman–Crippen MR) is 82.1 cm³/mol. The summed E-state index contributed by atoms with van der Waals surface area (Å²) in [6.45, 7) is 1.33. The first-order valence-corrected chi connectivity index (χ1v) is 7.19. The number of hydrogen-bond donors (Lipinski definition) is 0. The standard InChI is InChI=1S/C17H16N2O3/c20-17-15(9-14-7-4-8-16(10-14)19(21)22)12-18(17)11-13-5-2-1-3-6-13/h1-8,10,15H,9,11-12H2. The van der Waals surface area contributed by atoms with Gasteiger partial charge in [-0.15, -0.1) is 0 Å². The number of carbonyl (C=O) groups excluding carboxylic acids is 1. The highest BCUT2D eigenvalue weighted by atomic mass is 16.6. The van der Waals surface area contributed by atoms with Crippen LogP contribution < -0.4 is 0 Å². The van der Waals surface area contributed by atoms with Crippen LogP contribution in [0.5, 0.6) is 0 Å². The molecule has 1 saturated heterocycles. The lowest BCUT2D eigenvalue weighted by atomic mass is 9.90. The molecule has 2 aromatic carbocycles. The maximum atomic E-state index is 12.2. The molecular weight excluding hydrogens is 280 g/mol. The Morgan fingerprint density at radius 2 is 1.82 bits per heavy atom. The van der Waals surface area contributed by atoms with Gasteiger partial charge in [-0.2, -0.15) is 0 Å². The van der Waals surface area contributed by atoms with Gasteiger partial charge >= 0.3 is 0 Å². The SMILES string of the molecule is O=C1C(Cc2cccc([N+](=O)[O-])c2)CN1Cc1ccccc1. The zero-order chi connectivity index (χ0) is 15.5. The molecule has 1 heterocycles. The maximum Gasteiger partial charge on any atom is 0.269 e. The number of nitro benzene ring substituents is 1. The van der Waals surface area contributed by atoms with Crippen molar-refractivity contribution in [3.63, 3.8) is 0 Å². The summed E-state index contributed by atoms with van der Waals surface area (Å²) in [5.41, 5.74) is 2.03. The molecule has 3 rings (SSSR count). The lowest BCUT2D eigenvalue weighted by molar-refractivity contribution is -0.384. The first kappa shape index (κ1) is 14.3. The van der Waals surface area contributed by atoms with E-state index in [-0.39, 0.29) is 17.5 Å². The van der Waals surface area contributed by atoms with Crippen LogP contribution >= 0.6 is 0 Å². The molecule has 5 heteroatoms. The number of benzene rings is 2. The highest BCUT2D eigenvalue weighted by molar-refractivity contribution is 5.84. The number of amides is 1. The summed E-state index contributed by atoms with van der Waals surface area (Å²) in [6, 6.07) is 16.4. The Hall–Kier alpha value is -2.69. The van der Waals surface area contributed by atoms with Crippen molar-refractivity contribution in [1.29, 1.82) is 0 Å². The quantitative estimate of drug-likeness (QED) is 0.484. The fourth-order valence-corrected chi connectivity index (χ4v) is 2.76. The number of carbonyl (C=O) groups is 1. The highest BCUT2D eigenvalue weighted by Crippen LogP contribution is 2.25. The molecule has 0 aromatic heterocycles. The fourth-order valence-electron chi connectivity index (χ4n) is 2.76. The molecule has 22 heavy (non-hydrogen) atoms. The third kappa shape index (κ3) is 2.98. The molecule has 1 fully saturated rings. The summed E-state index contributed by atoms with van der Waals surface area (Å²) in [5, 5.41) is 10.8. The molecule has 112 valence electrons. The molecule has 0 spiro atoms. The van der Waals surface area contributed by atoms with Crippen LogP contribution in [-0.2, 0) is 17.8 Å². The first-order valence-electron chi connectivity index (χ1n) is 7.19. The molecule has 0 radical (unpaired) electrons. The number of non-ortho nitro benzene ring substituents is 1. The van der Waals surface area contributed by atoms with E-state index in [1.165, 1.54) is 6.07 Å². The van der Waals surface area contributed by atoms with E-state index < -0.39 is 4.92 Å². The van der Waals surface area contributed by atoms with Crippen molar-refractivity contribution in [2.45, 2.75) is 13.0 Å². The molecule has 1 atom stereocenters. The van der Waals surface area contributed by atoms with Gasteiger partial charge in [0.25, 0.3) is 5.69 Å². The van der Waals surface area contributed by atoms with E-state index in [2.05, 4.69) is 0 Å². The van der Waals surface area contributed by atoms with Crippen molar-refractivity contribution in [2.75, 3.05) is 6.54 Å². The summed E-state index contributed by atoms with van der Waals surface area (Å²) in [7, 11) is 0. The van der Waals surface area contributed by atoms with Gasteiger partial charge in [-0.3, -0.25) is 14.9 Å². The largest absolute Gasteiger partial charge is 0.337 e. The van der Waals surface area contributed by atoms with E-state index in [4.69, 9.17) is 0 Å². The number of nitro groups is 1. The summed E-state index contributed by atoms with van der Waals surface area (Å²) in [4.78, 5) is 24.4. The number of rotatable bonds is 5. The van der Waals surface area contributed by atoms with E-state index in [0.717, 1.165) is 11.1 Å². The van der Waals surface area contributed by atoms with Crippen molar-refractivity contribution in [1.82, 2.24) is 4.90 Å². The Morgan fingerprint density at radius 1 is 1.09 bits per heavy atom. The van der Waals surface area contributed by atoms with Crippen molar-refractivity contribution < 1.29 is 9.72 Å². The average Bonchev–Trinajstić information content (AvgIpc) is 2.54. The van der Waals surface area contributed by atoms with Crippen LogP contribution in [-0.4, -0.2) is 22.3 Å². The van der Waals surface area contributed by atoms with Crippen molar-refractivity contribution >= 4 is 11.6 Å². The van der Waals surface area contributed by atoms with Crippen LogP contribution in [0.1, 0.15) is 11.1 Å². The van der Waals surface area contributed by atoms with Crippen LogP contribution in [0.25, 0.3) is 0 Å². The lowest BCUT2D eigenvalue weighted by Gasteiger charge is -2.38. The molecule has 0 N–H and O–H groups in total. The van der Waals surface area contributed by atoms with Crippen molar-refractivity contribution in [2.24, 2.45) is 5.92 Å². The van der Waals surface area contributed by atoms with Crippen molar-refractivity contribution in [3.8, 4) is 0 Å². The maximum absolute atomic E-state index is 12.2. The fraction of sp³-hybridized carbons (Fsp3) is 0.235. The predicted octanol–water partition coefficient (Wildman–Crippen LogP) is 2.80. The number of β-lactam (4-membered cyclic amide) rings is 1. The smallest absolute Gasteiger partial charge is 0.269 e. The highest BCUT2D eigenvalue weighted by Gasteiger charge is 2.36. The van der Waals surface area contributed by atoms with Gasteiger partial charge in [-0.1, -0.05) is 42.5 Å². The molecule has 2 aromatic rings. The van der Waals surface area contributed by atoms with E-state index in [1.54, 1.807) is 12.1 Å². The van der Waals surface area contributed by atoms with Gasteiger partial charge < -0.3 is 4.90 Å². The van der Waals surface area contributed by atoms with Gasteiger partial charge in [0.15, 0.2) is 0 Å². The minimum Gasteiger partial charge on any atom is -0.337 e. The Kier molecular flexibility index (Phi) is 3.87. The molecular formula is C17H16N2O3. The van der Waals surface area contributed by atoms with Crippen LogP contribution in [0.15, 0.2) is 54.6 Å². The molecule has 1 aliphatic rings. The van der Waals surface area contributed by atoms with Gasteiger partial charge in [0, 0.05) is 25.2 Å². The van der Waals surface area contributed by atoms with E-state index in [0.29, 0.717) is 19.5 Å². The topological polar surface area (TPSA) is 63.4 Å². The summed E-state index contributed by atoms with van der Waals surface area (Å²) in [5.74, 6) is 0.0566. The Bertz CT molecular complexity index is 700. The average molecular weight is 296 g/mol. The van der Waals surface area contributed by atoms with Crippen molar-refractivity contribution in [3.05, 3.63) is 75.8 Å². The van der Waals surface area contributed by atoms with E-state index in [9.17, 15) is 14.9 Å². The zero-order valence-corrected chi connectivity index (χ0v) is 12.0. The molecule has 0 saturated carbocycles. The van der Waals surface area contributed by atoms with Crippen LogP contribution in [0.3, 0.4) is 0 Å². The van der Waals surface area contributed by atoms with Crippen LogP contribution in [0, 0.1) is 16.0 Å². The van der Waals surface area contributed by atoms with E-state index >= 15 is 0 Å². The van der Waals surface area contributed by atoms with Gasteiger partial charge in [0.1, 0.15) is 0 Å². The Balaban J connectivity index is 1.59. The normalized spacial score (nSPS) is 17.2. The molecule has 5 nitrogen and oxygen atoms in total. The number of hydrogen-bond acceptors (Lipinski definition) is 3. The number of likely N-dealkylation sites (tertiary alicyclic amines) is 1. The van der Waals surface area contributed by atoms with Gasteiger partial charge in [-0.05, 0) is 17.5 Å². The monoisotopic (exact) mass is 296 g/mol. The zero-order valence-electron chi connectivity index (χ0n) is 12.0. The van der Waals surface area contributed by atoms with Crippen LogP contribution in [0.2, 0.25) is 0 Å². The minimum absolute atomic E-state index is 0.0642. The lowest BCUT2D eigenvalue weighted by Crippen LogP contribution is -2.52. The second kappa shape index (κ2) is 5.97. The molecule has 1 aliphatic heterocycles. The second-order valence-corrected chi connectivity index (χ2v) is 5.53. The van der Waals surface area contributed by atoms with Crippen LogP contribution in [0.4, 0.5) is 5.69 Å². The van der Waals surface area contributed by atoms with E-state index in [1.807, 2.05) is 41.3 Å². The Morgan fingerprint density at radius 3 is 2.50 bits per heavy atom. The number of nitrogens with zero attached hydrogens (tertiary/aromatic N) is 2. The van der Waals surface area contributed by atoms with Gasteiger partial charge in [-0.25, -0.2) is 0 Å². The molecule has 1 unspecified atom stereocenters. The molecule has 0 aliphatic carbocycles. The van der Waals surface area contributed by atoms with Gasteiger partial charge in [0.05, 0.1) is 10.8 Å². The summed E-state index contributed by atoms with van der Waals surface area (Å²) < 4.78 is 0. The minimum atomic E-state index is -0.409. The second-order valence-electron chi connectivity index (χ2n) is 5.53. The summed E-state index contributed by atoms with van der Waals surface area (Å²) in [6.07, 6.45) is 0.561. The molecule has 1 amide bonds.